The van der Waals surface area contributed by atoms with E-state index in [0.29, 0.717) is 0 Å². The van der Waals surface area contributed by atoms with Gasteiger partial charge in [-0.05, 0) is 43.4 Å². The van der Waals surface area contributed by atoms with Crippen LogP contribution in [-0.2, 0) is 11.2 Å². The number of rotatable bonds is 5. The molecule has 0 saturated heterocycles. The number of carbonyl (C=O) groups excluding carboxylic acids is 1. The number of nitrogens with one attached hydrogen (secondary N) is 1. The van der Waals surface area contributed by atoms with Gasteiger partial charge in [0.25, 0.3) is 0 Å². The fourth-order valence-electron chi connectivity index (χ4n) is 2.24. The van der Waals surface area contributed by atoms with Gasteiger partial charge in [0, 0.05) is 12.5 Å². The molecule has 0 bridgehead atoms. The van der Waals surface area contributed by atoms with E-state index in [-0.39, 0.29) is 11.8 Å². The number of benzene rings is 1. The average Bonchev–Trinajstić information content (AvgIpc) is 2.27. The lowest BCUT2D eigenvalue weighted by Crippen LogP contribution is -2.35. The zero-order valence-corrected chi connectivity index (χ0v) is 11.2. The number of carbonyl (C=O) groups is 1. The first-order valence-corrected chi connectivity index (χ1v) is 6.62. The molecule has 1 aliphatic rings. The molecule has 1 amide bonds. The monoisotopic (exact) mass is 247 g/mol. The van der Waals surface area contributed by atoms with Crippen molar-refractivity contribution < 1.29 is 9.53 Å². The highest BCUT2D eigenvalue weighted by molar-refractivity contribution is 5.79. The largest absolute Gasteiger partial charge is 0.496 e. The van der Waals surface area contributed by atoms with Gasteiger partial charge in [0.1, 0.15) is 5.75 Å². The van der Waals surface area contributed by atoms with Gasteiger partial charge in [0.2, 0.25) is 5.91 Å². The van der Waals surface area contributed by atoms with Crippen molar-refractivity contribution in [3.8, 4) is 5.75 Å². The Hall–Kier alpha value is -1.51. The smallest absolute Gasteiger partial charge is 0.223 e. The summed E-state index contributed by atoms with van der Waals surface area (Å²) in [6.45, 7) is 2.76. The van der Waals surface area contributed by atoms with Crippen molar-refractivity contribution in [2.24, 2.45) is 5.92 Å². The van der Waals surface area contributed by atoms with E-state index in [2.05, 4.69) is 17.4 Å². The highest BCUT2D eigenvalue weighted by atomic mass is 16.5. The molecule has 0 spiro atoms. The Morgan fingerprint density at radius 2 is 2.22 bits per heavy atom. The summed E-state index contributed by atoms with van der Waals surface area (Å²) in [5, 5.41) is 3.01. The van der Waals surface area contributed by atoms with Gasteiger partial charge in [0.05, 0.1) is 7.11 Å². The average molecular weight is 247 g/mol. The van der Waals surface area contributed by atoms with Crippen LogP contribution in [0.5, 0.6) is 5.75 Å². The first-order valence-electron chi connectivity index (χ1n) is 6.62. The lowest BCUT2D eigenvalue weighted by Gasteiger charge is -2.24. The summed E-state index contributed by atoms with van der Waals surface area (Å²) >= 11 is 0. The van der Waals surface area contributed by atoms with Crippen LogP contribution in [0, 0.1) is 12.8 Å². The van der Waals surface area contributed by atoms with Gasteiger partial charge >= 0.3 is 0 Å². The van der Waals surface area contributed by atoms with Crippen LogP contribution in [0.15, 0.2) is 18.2 Å². The van der Waals surface area contributed by atoms with Gasteiger partial charge < -0.3 is 10.1 Å². The van der Waals surface area contributed by atoms with Gasteiger partial charge in [-0.2, -0.15) is 0 Å². The van der Waals surface area contributed by atoms with Crippen molar-refractivity contribution in [1.29, 1.82) is 0 Å². The quantitative estimate of drug-likeness (QED) is 0.868. The van der Waals surface area contributed by atoms with Gasteiger partial charge in [-0.1, -0.05) is 18.6 Å². The fraction of sp³-hybridized carbons (Fsp3) is 0.533. The maximum Gasteiger partial charge on any atom is 0.223 e. The van der Waals surface area contributed by atoms with Crippen LogP contribution < -0.4 is 10.1 Å². The molecule has 1 aliphatic carbocycles. The Labute approximate surface area is 109 Å². The van der Waals surface area contributed by atoms with Crippen LogP contribution in [0.25, 0.3) is 0 Å². The molecule has 3 nitrogen and oxygen atoms in total. The molecule has 98 valence electrons. The van der Waals surface area contributed by atoms with E-state index in [9.17, 15) is 4.79 Å². The van der Waals surface area contributed by atoms with Crippen molar-refractivity contribution in [2.45, 2.75) is 32.6 Å². The van der Waals surface area contributed by atoms with E-state index in [0.717, 1.165) is 37.1 Å². The lowest BCUT2D eigenvalue weighted by molar-refractivity contribution is -0.127. The summed E-state index contributed by atoms with van der Waals surface area (Å²) in [5.74, 6) is 1.42. The molecule has 0 atom stereocenters. The second-order valence-corrected chi connectivity index (χ2v) is 4.97. The van der Waals surface area contributed by atoms with Crippen LogP contribution >= 0.6 is 0 Å². The molecular formula is C15H21NO2. The molecule has 2 rings (SSSR count). The zero-order chi connectivity index (χ0) is 13.0. The van der Waals surface area contributed by atoms with Crippen LogP contribution in [0.1, 0.15) is 30.4 Å². The fourth-order valence-corrected chi connectivity index (χ4v) is 2.24. The molecule has 18 heavy (non-hydrogen) atoms. The van der Waals surface area contributed by atoms with Crippen LogP contribution in [-0.4, -0.2) is 19.6 Å². The topological polar surface area (TPSA) is 38.3 Å². The summed E-state index contributed by atoms with van der Waals surface area (Å²) in [7, 11) is 1.68. The Bertz CT molecular complexity index is 425. The third-order valence-electron chi connectivity index (χ3n) is 3.65. The minimum Gasteiger partial charge on any atom is -0.496 e. The highest BCUT2D eigenvalue weighted by Gasteiger charge is 2.24. The van der Waals surface area contributed by atoms with Crippen molar-refractivity contribution in [3.05, 3.63) is 29.3 Å². The van der Waals surface area contributed by atoms with E-state index in [1.54, 1.807) is 7.11 Å². The third kappa shape index (κ3) is 3.03. The molecule has 1 aromatic rings. The summed E-state index contributed by atoms with van der Waals surface area (Å²) in [6, 6.07) is 6.16. The highest BCUT2D eigenvalue weighted by Crippen LogP contribution is 2.26. The van der Waals surface area contributed by atoms with Crippen LogP contribution in [0.2, 0.25) is 0 Å². The Morgan fingerprint density at radius 3 is 2.78 bits per heavy atom. The molecule has 0 unspecified atom stereocenters. The first-order chi connectivity index (χ1) is 8.70. The normalized spacial score (nSPS) is 15.0. The van der Waals surface area contributed by atoms with Crippen molar-refractivity contribution in [2.75, 3.05) is 13.7 Å². The Balaban J connectivity index is 1.79. The SMILES string of the molecule is COc1ccc(CCNC(=O)C2CCC2)cc1C. The van der Waals surface area contributed by atoms with Gasteiger partial charge in [-0.3, -0.25) is 4.79 Å². The summed E-state index contributed by atoms with van der Waals surface area (Å²) in [4.78, 5) is 11.7. The van der Waals surface area contributed by atoms with Crippen molar-refractivity contribution in [3.63, 3.8) is 0 Å². The predicted octanol–water partition coefficient (Wildman–Crippen LogP) is 2.46. The molecule has 3 heteroatoms. The molecule has 0 aromatic heterocycles. The number of hydrogen-bond acceptors (Lipinski definition) is 2. The van der Waals surface area contributed by atoms with Crippen molar-refractivity contribution in [1.82, 2.24) is 5.32 Å². The summed E-state index contributed by atoms with van der Waals surface area (Å²) < 4.78 is 5.23. The summed E-state index contributed by atoms with van der Waals surface area (Å²) in [5.41, 5.74) is 2.38. The molecule has 0 radical (unpaired) electrons. The van der Waals surface area contributed by atoms with E-state index >= 15 is 0 Å². The summed E-state index contributed by atoms with van der Waals surface area (Å²) in [6.07, 6.45) is 4.21. The molecule has 0 heterocycles. The van der Waals surface area contributed by atoms with Gasteiger partial charge in [-0.15, -0.1) is 0 Å². The maximum absolute atomic E-state index is 11.7. The van der Waals surface area contributed by atoms with E-state index in [1.807, 2.05) is 13.0 Å². The molecular weight excluding hydrogens is 226 g/mol. The Kier molecular flexibility index (Phi) is 4.24. The van der Waals surface area contributed by atoms with Gasteiger partial charge in [0.15, 0.2) is 0 Å². The maximum atomic E-state index is 11.7. The van der Waals surface area contributed by atoms with E-state index in [1.165, 1.54) is 12.0 Å². The standard InChI is InChI=1S/C15H21NO2/c1-11-10-12(6-7-14(11)18-2)8-9-16-15(17)13-4-3-5-13/h6-7,10,13H,3-5,8-9H2,1-2H3,(H,16,17). The molecule has 1 fully saturated rings. The van der Waals surface area contributed by atoms with Gasteiger partial charge in [-0.25, -0.2) is 0 Å². The van der Waals surface area contributed by atoms with Crippen LogP contribution in [0.4, 0.5) is 0 Å². The zero-order valence-electron chi connectivity index (χ0n) is 11.2. The minimum atomic E-state index is 0.228. The number of amides is 1. The van der Waals surface area contributed by atoms with Crippen LogP contribution in [0.3, 0.4) is 0 Å². The molecule has 1 N–H and O–H groups in total. The number of hydrogen-bond donors (Lipinski definition) is 1. The number of aryl methyl sites for hydroxylation is 1. The predicted molar refractivity (Wildman–Crippen MR) is 71.8 cm³/mol. The molecule has 0 aliphatic heterocycles. The Morgan fingerprint density at radius 1 is 1.44 bits per heavy atom. The number of ether oxygens (including phenoxy) is 1. The first kappa shape index (κ1) is 12.9. The van der Waals surface area contributed by atoms with Crippen molar-refractivity contribution >= 4 is 5.91 Å². The second kappa shape index (κ2) is 5.89. The lowest BCUT2D eigenvalue weighted by atomic mass is 9.85. The third-order valence-corrected chi connectivity index (χ3v) is 3.65. The minimum absolute atomic E-state index is 0.228. The van der Waals surface area contributed by atoms with E-state index < -0.39 is 0 Å². The molecule has 1 aromatic carbocycles. The number of methoxy groups -OCH3 is 1. The molecule has 1 saturated carbocycles. The van der Waals surface area contributed by atoms with E-state index in [4.69, 9.17) is 4.74 Å². The second-order valence-electron chi connectivity index (χ2n) is 4.97.